The smallest absolute Gasteiger partial charge is 0.251 e. The summed E-state index contributed by atoms with van der Waals surface area (Å²) in [5.74, 6) is 0.512. The van der Waals surface area contributed by atoms with Gasteiger partial charge in [-0.2, -0.15) is 0 Å². The Hall–Kier alpha value is -3.12. The number of methoxy groups -OCH3 is 1. The molecule has 4 N–H and O–H groups in total. The van der Waals surface area contributed by atoms with Gasteiger partial charge in [-0.15, -0.1) is 11.3 Å². The highest BCUT2D eigenvalue weighted by Crippen LogP contribution is 2.28. The van der Waals surface area contributed by atoms with E-state index >= 15 is 0 Å². The van der Waals surface area contributed by atoms with Gasteiger partial charge in [-0.05, 0) is 55.3 Å². The zero-order valence-corrected chi connectivity index (χ0v) is 24.6. The predicted molar refractivity (Wildman–Crippen MR) is 161 cm³/mol. The van der Waals surface area contributed by atoms with Gasteiger partial charge in [0.05, 0.1) is 30.7 Å². The van der Waals surface area contributed by atoms with Crippen LogP contribution < -0.4 is 25.0 Å². The van der Waals surface area contributed by atoms with Gasteiger partial charge in [0.25, 0.3) is 5.91 Å². The third kappa shape index (κ3) is 7.75. The Morgan fingerprint density at radius 1 is 1.15 bits per heavy atom. The Labute approximate surface area is 240 Å². The van der Waals surface area contributed by atoms with Crippen LogP contribution in [0, 0.1) is 0 Å². The molecule has 3 aromatic rings. The van der Waals surface area contributed by atoms with E-state index < -0.39 is 22.2 Å². The molecule has 1 fully saturated rings. The highest BCUT2D eigenvalue weighted by atomic mass is 32.2. The Morgan fingerprint density at radius 3 is 2.67 bits per heavy atom. The Morgan fingerprint density at radius 2 is 1.95 bits per heavy atom. The Balaban J connectivity index is 1.53. The largest absolute Gasteiger partial charge is 0.496 e. The average Bonchev–Trinajstić information content (AvgIpc) is 3.40. The third-order valence-electron chi connectivity index (χ3n) is 6.87. The second kappa shape index (κ2) is 14.0. The van der Waals surface area contributed by atoms with Gasteiger partial charge in [0.15, 0.2) is 0 Å². The Kier molecular flexibility index (Phi) is 10.4. The number of ether oxygens (including phenoxy) is 1. The van der Waals surface area contributed by atoms with Gasteiger partial charge in [0, 0.05) is 48.4 Å². The first-order valence-corrected chi connectivity index (χ1v) is 16.1. The minimum atomic E-state index is -3.44. The SMILES string of the molecule is CCNc1cc(C(=O)N[C@@H](Cc2ccccc2)[C@H](O)CNCc2cscc2OC)cc(N2CCCCS2(=O)=O)c1. The van der Waals surface area contributed by atoms with Gasteiger partial charge in [0.1, 0.15) is 5.75 Å². The summed E-state index contributed by atoms with van der Waals surface area (Å²) in [6.45, 7) is 3.72. The lowest BCUT2D eigenvalue weighted by molar-refractivity contribution is 0.0830. The lowest BCUT2D eigenvalue weighted by atomic mass is 10.00. The number of aliphatic hydroxyl groups is 1. The van der Waals surface area contributed by atoms with Crippen molar-refractivity contribution in [2.24, 2.45) is 0 Å². The molecule has 0 saturated carbocycles. The summed E-state index contributed by atoms with van der Waals surface area (Å²) < 4.78 is 32.3. The summed E-state index contributed by atoms with van der Waals surface area (Å²) >= 11 is 1.55. The highest BCUT2D eigenvalue weighted by molar-refractivity contribution is 7.92. The van der Waals surface area contributed by atoms with E-state index in [2.05, 4.69) is 16.0 Å². The van der Waals surface area contributed by atoms with Crippen molar-refractivity contribution in [3.8, 4) is 5.75 Å². The number of nitrogens with one attached hydrogen (secondary N) is 3. The zero-order valence-electron chi connectivity index (χ0n) is 22.9. The molecule has 1 saturated heterocycles. The molecule has 1 aliphatic rings. The molecule has 11 heteroatoms. The normalized spacial score (nSPS) is 16.2. The van der Waals surface area contributed by atoms with E-state index in [1.807, 2.05) is 48.0 Å². The molecule has 0 radical (unpaired) electrons. The van der Waals surface area contributed by atoms with Crippen molar-refractivity contribution >= 4 is 38.6 Å². The first kappa shape index (κ1) is 29.9. The standard InChI is InChI=1S/C29H38N4O5S2/c1-3-31-24-14-22(15-25(16-24)33-11-7-8-12-40(33,36)37)29(35)32-26(13-21-9-5-4-6-10-21)27(34)18-30-17-23-19-39-20-28(23)38-2/h4-6,9-10,14-16,19-20,26-27,30-31,34H,3,7-8,11-13,17-18H2,1-2H3,(H,32,35)/t26-,27+/m0/s1. The van der Waals surface area contributed by atoms with Crippen molar-refractivity contribution in [2.45, 2.75) is 44.9 Å². The van der Waals surface area contributed by atoms with Crippen LogP contribution in [0.3, 0.4) is 0 Å². The average molecular weight is 587 g/mol. The van der Waals surface area contributed by atoms with Crippen LogP contribution in [0.2, 0.25) is 0 Å². The lowest BCUT2D eigenvalue weighted by Gasteiger charge is -2.29. The Bertz CT molecular complexity index is 1360. The summed E-state index contributed by atoms with van der Waals surface area (Å²) in [4.78, 5) is 13.6. The number of nitrogens with zero attached hydrogens (tertiary/aromatic N) is 1. The van der Waals surface area contributed by atoms with Crippen LogP contribution in [0.25, 0.3) is 0 Å². The molecular weight excluding hydrogens is 548 g/mol. The van der Waals surface area contributed by atoms with E-state index in [1.54, 1.807) is 36.6 Å². The van der Waals surface area contributed by atoms with E-state index in [9.17, 15) is 18.3 Å². The molecule has 2 heterocycles. The maximum Gasteiger partial charge on any atom is 0.251 e. The van der Waals surface area contributed by atoms with Gasteiger partial charge in [-0.3, -0.25) is 9.10 Å². The van der Waals surface area contributed by atoms with E-state index in [0.717, 1.165) is 23.3 Å². The number of aliphatic hydroxyl groups excluding tert-OH is 1. The van der Waals surface area contributed by atoms with Crippen LogP contribution in [-0.2, 0) is 23.0 Å². The molecule has 9 nitrogen and oxygen atoms in total. The molecule has 1 amide bonds. The second-order valence-corrected chi connectivity index (χ2v) is 12.6. The molecule has 0 spiro atoms. The van der Waals surface area contributed by atoms with E-state index in [4.69, 9.17) is 4.74 Å². The number of hydrogen-bond acceptors (Lipinski definition) is 8. The summed E-state index contributed by atoms with van der Waals surface area (Å²) in [6, 6.07) is 14.2. The summed E-state index contributed by atoms with van der Waals surface area (Å²) in [5, 5.41) is 24.6. The monoisotopic (exact) mass is 586 g/mol. The molecule has 0 unspecified atom stereocenters. The minimum absolute atomic E-state index is 0.0928. The second-order valence-electron chi connectivity index (χ2n) is 9.83. The number of benzene rings is 2. The first-order chi connectivity index (χ1) is 19.3. The molecule has 4 rings (SSSR count). The fourth-order valence-electron chi connectivity index (χ4n) is 4.79. The van der Waals surface area contributed by atoms with Crippen molar-refractivity contribution in [3.05, 3.63) is 76.0 Å². The number of rotatable bonds is 13. The van der Waals surface area contributed by atoms with Gasteiger partial charge >= 0.3 is 0 Å². The van der Waals surface area contributed by atoms with Crippen LogP contribution in [0.1, 0.15) is 41.3 Å². The number of anilines is 2. The number of amides is 1. The molecule has 2 aromatic carbocycles. The van der Waals surface area contributed by atoms with E-state index in [-0.39, 0.29) is 18.2 Å². The van der Waals surface area contributed by atoms with Crippen LogP contribution in [0.5, 0.6) is 5.75 Å². The zero-order chi connectivity index (χ0) is 28.5. The van der Waals surface area contributed by atoms with Crippen molar-refractivity contribution in [2.75, 3.05) is 42.1 Å². The summed E-state index contributed by atoms with van der Waals surface area (Å²) in [7, 11) is -1.82. The molecular formula is C29H38N4O5S2. The number of carbonyl (C=O) groups excluding carboxylic acids is 1. The predicted octanol–water partition coefficient (Wildman–Crippen LogP) is 3.61. The van der Waals surface area contributed by atoms with E-state index in [1.165, 1.54) is 4.31 Å². The molecule has 1 aliphatic heterocycles. The number of hydrogen-bond donors (Lipinski definition) is 4. The van der Waals surface area contributed by atoms with Crippen molar-refractivity contribution < 1.29 is 23.1 Å². The maximum absolute atomic E-state index is 13.6. The molecule has 40 heavy (non-hydrogen) atoms. The molecule has 0 aliphatic carbocycles. The number of carbonyl (C=O) groups is 1. The van der Waals surface area contributed by atoms with Crippen molar-refractivity contribution in [1.29, 1.82) is 0 Å². The van der Waals surface area contributed by atoms with Crippen LogP contribution in [0.15, 0.2) is 59.3 Å². The molecule has 1 aromatic heterocycles. The number of thiophene rings is 1. The molecule has 216 valence electrons. The molecule has 2 atom stereocenters. The van der Waals surface area contributed by atoms with Crippen LogP contribution in [0.4, 0.5) is 11.4 Å². The van der Waals surface area contributed by atoms with E-state index in [0.29, 0.717) is 49.4 Å². The van der Waals surface area contributed by atoms with Gasteiger partial charge in [0.2, 0.25) is 10.0 Å². The van der Waals surface area contributed by atoms with Gasteiger partial charge < -0.3 is 25.8 Å². The summed E-state index contributed by atoms with van der Waals surface area (Å²) in [6.07, 6.45) is 0.942. The number of sulfonamides is 1. The first-order valence-electron chi connectivity index (χ1n) is 13.5. The third-order valence-corrected chi connectivity index (χ3v) is 9.51. The quantitative estimate of drug-likeness (QED) is 0.242. The van der Waals surface area contributed by atoms with Crippen LogP contribution >= 0.6 is 11.3 Å². The highest BCUT2D eigenvalue weighted by Gasteiger charge is 2.28. The van der Waals surface area contributed by atoms with Crippen molar-refractivity contribution in [1.82, 2.24) is 10.6 Å². The fraction of sp³-hybridized carbons (Fsp3) is 0.414. The van der Waals surface area contributed by atoms with Crippen LogP contribution in [-0.4, -0.2) is 64.1 Å². The maximum atomic E-state index is 13.6. The van der Waals surface area contributed by atoms with Gasteiger partial charge in [-0.1, -0.05) is 30.3 Å². The minimum Gasteiger partial charge on any atom is -0.496 e. The lowest BCUT2D eigenvalue weighted by Crippen LogP contribution is -2.48. The summed E-state index contributed by atoms with van der Waals surface area (Å²) in [5.41, 5.74) is 3.44. The fourth-order valence-corrected chi connectivity index (χ4v) is 7.22. The molecule has 0 bridgehead atoms. The van der Waals surface area contributed by atoms with Crippen molar-refractivity contribution in [3.63, 3.8) is 0 Å². The van der Waals surface area contributed by atoms with Gasteiger partial charge in [-0.25, -0.2) is 8.42 Å². The topological polar surface area (TPSA) is 120 Å².